The molecule has 0 N–H and O–H groups in total. The van der Waals surface area contributed by atoms with Crippen molar-refractivity contribution >= 4 is 13.3 Å². The maximum absolute atomic E-state index is 12.4. The Balaban J connectivity index is 3.31. The van der Waals surface area contributed by atoms with Crippen molar-refractivity contribution in [3.8, 4) is 0 Å². The number of hydrogen-bond donors (Lipinski definition) is 0. The second-order valence-electron chi connectivity index (χ2n) is 1.99. The van der Waals surface area contributed by atoms with Crippen LogP contribution in [0.2, 0.25) is 0 Å². The first-order valence-electron chi connectivity index (χ1n) is 2.72. The summed E-state index contributed by atoms with van der Waals surface area (Å²) in [5.74, 6) is -2.59. The number of benzene rings is 1. The minimum atomic E-state index is -0.888. The molecule has 0 aliphatic heterocycles. The largest absolute Gasteiger partial charge is 0.207 e. The zero-order valence-corrected chi connectivity index (χ0v) is 5.29. The van der Waals surface area contributed by atoms with E-state index >= 15 is 0 Å². The van der Waals surface area contributed by atoms with Crippen LogP contribution in [-0.2, 0) is 0 Å². The molecule has 0 unspecified atom stereocenters. The van der Waals surface area contributed by atoms with Gasteiger partial charge in [0.2, 0.25) is 0 Å². The van der Waals surface area contributed by atoms with Crippen LogP contribution in [0, 0.1) is 17.5 Å². The molecule has 0 atom stereocenters. The van der Waals surface area contributed by atoms with Gasteiger partial charge in [0.15, 0.2) is 0 Å². The molecule has 0 fully saturated rings. The molecule has 1 aromatic carbocycles. The van der Waals surface area contributed by atoms with Gasteiger partial charge in [0.05, 0.1) is 0 Å². The highest BCUT2D eigenvalue weighted by Crippen LogP contribution is 2.01. The molecule has 0 amide bonds. The summed E-state index contributed by atoms with van der Waals surface area (Å²) in [6.45, 7) is 0. The van der Waals surface area contributed by atoms with E-state index in [-0.39, 0.29) is 5.46 Å². The molecule has 52 valence electrons. The van der Waals surface area contributed by atoms with Gasteiger partial charge < -0.3 is 0 Å². The van der Waals surface area contributed by atoms with Gasteiger partial charge in [-0.05, 0) is 5.46 Å². The molecule has 0 saturated heterocycles. The van der Waals surface area contributed by atoms with E-state index in [1.807, 2.05) is 0 Å². The third kappa shape index (κ3) is 1.15. The normalized spacial score (nSPS) is 9.90. The van der Waals surface area contributed by atoms with Gasteiger partial charge in [-0.25, -0.2) is 13.2 Å². The Kier molecular flexibility index (Phi) is 1.70. The smallest absolute Gasteiger partial charge is 0.147 e. The van der Waals surface area contributed by atoms with Gasteiger partial charge in [0.25, 0.3) is 0 Å². The molecule has 1 rings (SSSR count). The van der Waals surface area contributed by atoms with E-state index in [1.165, 1.54) is 7.85 Å². The fraction of sp³-hybridized carbons (Fsp3) is 0. The maximum Gasteiger partial charge on any atom is 0.147 e. The summed E-state index contributed by atoms with van der Waals surface area (Å²) < 4.78 is 36.8. The third-order valence-electron chi connectivity index (χ3n) is 1.25. The number of halogens is 3. The van der Waals surface area contributed by atoms with Crippen molar-refractivity contribution in [3.63, 3.8) is 0 Å². The first-order chi connectivity index (χ1) is 4.61. The van der Waals surface area contributed by atoms with E-state index < -0.39 is 17.5 Å². The molecule has 1 aromatic rings. The maximum atomic E-state index is 12.4. The van der Waals surface area contributed by atoms with Crippen molar-refractivity contribution < 1.29 is 13.2 Å². The Morgan fingerprint density at radius 3 is 1.80 bits per heavy atom. The molecular weight excluding hydrogens is 140 g/mol. The molecule has 0 heterocycles. The summed E-state index contributed by atoms with van der Waals surface area (Å²) in [5.41, 5.74) is -0.151. The van der Waals surface area contributed by atoms with E-state index in [0.717, 1.165) is 0 Å². The van der Waals surface area contributed by atoms with Gasteiger partial charge in [-0.1, -0.05) is 0 Å². The van der Waals surface area contributed by atoms with Crippen LogP contribution in [-0.4, -0.2) is 7.85 Å². The first-order valence-corrected chi connectivity index (χ1v) is 2.72. The third-order valence-corrected chi connectivity index (χ3v) is 1.25. The minimum Gasteiger partial charge on any atom is -0.207 e. The summed E-state index contributed by atoms with van der Waals surface area (Å²) in [5, 5.41) is 0. The van der Waals surface area contributed by atoms with Crippen LogP contribution in [0.15, 0.2) is 12.1 Å². The molecule has 0 nitrogen and oxygen atoms in total. The van der Waals surface area contributed by atoms with Crippen molar-refractivity contribution in [3.05, 3.63) is 29.6 Å². The first kappa shape index (κ1) is 7.19. The van der Waals surface area contributed by atoms with Crippen molar-refractivity contribution in [2.75, 3.05) is 0 Å². The van der Waals surface area contributed by atoms with Crippen molar-refractivity contribution in [2.24, 2.45) is 0 Å². The van der Waals surface area contributed by atoms with Gasteiger partial charge >= 0.3 is 0 Å². The molecule has 0 radical (unpaired) electrons. The lowest BCUT2D eigenvalue weighted by atomic mass is 9.95. The lowest BCUT2D eigenvalue weighted by Crippen LogP contribution is -2.13. The molecule has 0 aromatic heterocycles. The van der Waals surface area contributed by atoms with Crippen LogP contribution in [0.5, 0.6) is 0 Å². The number of rotatable bonds is 0. The van der Waals surface area contributed by atoms with Crippen LogP contribution in [0.3, 0.4) is 0 Å². The Morgan fingerprint density at radius 1 is 1.00 bits per heavy atom. The van der Waals surface area contributed by atoms with E-state index in [1.54, 1.807) is 0 Å². The van der Waals surface area contributed by atoms with Gasteiger partial charge in [0, 0.05) is 12.1 Å². The molecular formula is C6H4BF3. The topological polar surface area (TPSA) is 0 Å². The van der Waals surface area contributed by atoms with Gasteiger partial charge in [-0.2, -0.15) is 0 Å². The molecule has 4 heteroatoms. The standard InChI is InChI=1S/C6H4BF3/c7-6-4(9)1-3(8)2-5(6)10/h1-2H,7H2. The van der Waals surface area contributed by atoms with E-state index in [4.69, 9.17) is 0 Å². The highest BCUT2D eigenvalue weighted by molar-refractivity contribution is 6.32. The van der Waals surface area contributed by atoms with E-state index in [2.05, 4.69) is 0 Å². The minimum absolute atomic E-state index is 0.151. The second kappa shape index (κ2) is 2.36. The molecule has 0 saturated carbocycles. The molecule has 10 heavy (non-hydrogen) atoms. The summed E-state index contributed by atoms with van der Waals surface area (Å²) >= 11 is 0. The Morgan fingerprint density at radius 2 is 1.40 bits per heavy atom. The molecule has 0 aliphatic rings. The number of hydrogen-bond acceptors (Lipinski definition) is 0. The lowest BCUT2D eigenvalue weighted by Gasteiger charge is -1.96. The zero-order valence-electron chi connectivity index (χ0n) is 5.29. The lowest BCUT2D eigenvalue weighted by molar-refractivity contribution is 0.553. The van der Waals surface area contributed by atoms with Gasteiger partial charge in [0.1, 0.15) is 25.3 Å². The quantitative estimate of drug-likeness (QED) is 0.461. The zero-order chi connectivity index (χ0) is 7.72. The Hall–Kier alpha value is -0.925. The fourth-order valence-electron chi connectivity index (χ4n) is 0.614. The van der Waals surface area contributed by atoms with Crippen LogP contribution >= 0.6 is 0 Å². The highest BCUT2D eigenvalue weighted by Gasteiger charge is 2.04. The molecule has 0 bridgehead atoms. The average molecular weight is 144 g/mol. The van der Waals surface area contributed by atoms with Gasteiger partial charge in [-0.3, -0.25) is 0 Å². The van der Waals surface area contributed by atoms with Crippen LogP contribution < -0.4 is 5.46 Å². The second-order valence-corrected chi connectivity index (χ2v) is 1.99. The summed E-state index contributed by atoms with van der Waals surface area (Å²) in [6, 6.07) is 1.30. The average Bonchev–Trinajstić information content (AvgIpc) is 1.82. The van der Waals surface area contributed by atoms with E-state index in [0.29, 0.717) is 12.1 Å². The van der Waals surface area contributed by atoms with Crippen molar-refractivity contribution in [2.45, 2.75) is 0 Å². The summed E-state index contributed by atoms with van der Waals surface area (Å²) in [7, 11) is 1.25. The summed E-state index contributed by atoms with van der Waals surface area (Å²) in [4.78, 5) is 0. The Bertz CT molecular complexity index is 236. The van der Waals surface area contributed by atoms with Crippen LogP contribution in [0.1, 0.15) is 0 Å². The van der Waals surface area contributed by atoms with Crippen LogP contribution in [0.25, 0.3) is 0 Å². The van der Waals surface area contributed by atoms with Gasteiger partial charge in [-0.15, -0.1) is 0 Å². The summed E-state index contributed by atoms with van der Waals surface area (Å²) in [6.07, 6.45) is 0. The SMILES string of the molecule is Bc1c(F)cc(F)cc1F. The van der Waals surface area contributed by atoms with Crippen LogP contribution in [0.4, 0.5) is 13.2 Å². The Labute approximate surface area is 57.1 Å². The highest BCUT2D eigenvalue weighted by atomic mass is 19.1. The monoisotopic (exact) mass is 144 g/mol. The molecule has 0 aliphatic carbocycles. The molecule has 0 spiro atoms. The van der Waals surface area contributed by atoms with Crippen molar-refractivity contribution in [1.29, 1.82) is 0 Å². The predicted molar refractivity (Wildman–Crippen MR) is 34.5 cm³/mol. The van der Waals surface area contributed by atoms with E-state index in [9.17, 15) is 13.2 Å². The van der Waals surface area contributed by atoms with Crippen molar-refractivity contribution in [1.82, 2.24) is 0 Å². The fourth-order valence-corrected chi connectivity index (χ4v) is 0.614. The predicted octanol–water partition coefficient (Wildman–Crippen LogP) is 0.362.